The van der Waals surface area contributed by atoms with Gasteiger partial charge in [0.05, 0.1) is 11.1 Å². The highest BCUT2D eigenvalue weighted by Gasteiger charge is 2.13. The van der Waals surface area contributed by atoms with Gasteiger partial charge in [0.2, 0.25) is 0 Å². The average Bonchev–Trinajstić information content (AvgIpc) is 2.45. The van der Waals surface area contributed by atoms with Gasteiger partial charge in [-0.2, -0.15) is 5.26 Å². The lowest BCUT2D eigenvalue weighted by Gasteiger charge is -2.03. The average molecular weight is 249 g/mol. The summed E-state index contributed by atoms with van der Waals surface area (Å²) in [4.78, 5) is 11.2. The molecule has 0 unspecified atom stereocenters. The summed E-state index contributed by atoms with van der Waals surface area (Å²) in [5.41, 5.74) is 1.71. The standard InChI is InChI=1S/C16H11NO2/c17-11-14-8-4-7-13(15(14)16(18)19)10-9-12-5-2-1-3-6-12/h1-10H,(H,18,19). The van der Waals surface area contributed by atoms with Crippen LogP contribution in [0.5, 0.6) is 0 Å². The van der Waals surface area contributed by atoms with E-state index in [1.807, 2.05) is 42.5 Å². The van der Waals surface area contributed by atoms with E-state index in [0.717, 1.165) is 5.56 Å². The third-order valence-electron chi connectivity index (χ3n) is 2.69. The Kier molecular flexibility index (Phi) is 3.75. The Hall–Kier alpha value is -2.86. The van der Waals surface area contributed by atoms with Gasteiger partial charge in [-0.05, 0) is 17.2 Å². The molecule has 0 aliphatic carbocycles. The van der Waals surface area contributed by atoms with Crippen LogP contribution in [0.4, 0.5) is 0 Å². The zero-order chi connectivity index (χ0) is 13.7. The van der Waals surface area contributed by atoms with Crippen LogP contribution in [0, 0.1) is 11.3 Å². The van der Waals surface area contributed by atoms with E-state index in [9.17, 15) is 9.90 Å². The Morgan fingerprint density at radius 2 is 1.79 bits per heavy atom. The fourth-order valence-corrected chi connectivity index (χ4v) is 1.79. The first-order chi connectivity index (χ1) is 9.22. The molecule has 0 spiro atoms. The maximum Gasteiger partial charge on any atom is 0.337 e. The molecular weight excluding hydrogens is 238 g/mol. The molecular formula is C16H11NO2. The van der Waals surface area contributed by atoms with E-state index in [1.54, 1.807) is 18.2 Å². The largest absolute Gasteiger partial charge is 0.478 e. The molecule has 0 amide bonds. The van der Waals surface area contributed by atoms with Crippen LogP contribution >= 0.6 is 0 Å². The van der Waals surface area contributed by atoms with Crippen molar-refractivity contribution in [2.75, 3.05) is 0 Å². The van der Waals surface area contributed by atoms with Crippen LogP contribution in [-0.4, -0.2) is 11.1 Å². The molecule has 0 atom stereocenters. The predicted octanol–water partition coefficient (Wildman–Crippen LogP) is 3.43. The number of rotatable bonds is 3. The summed E-state index contributed by atoms with van der Waals surface area (Å²) in [5, 5.41) is 18.1. The molecule has 2 aromatic carbocycles. The van der Waals surface area contributed by atoms with Gasteiger partial charge in [0, 0.05) is 0 Å². The van der Waals surface area contributed by atoms with E-state index in [0.29, 0.717) is 5.56 Å². The summed E-state index contributed by atoms with van der Waals surface area (Å²) in [6.45, 7) is 0. The highest BCUT2D eigenvalue weighted by molar-refractivity contribution is 5.96. The van der Waals surface area contributed by atoms with E-state index < -0.39 is 5.97 Å². The summed E-state index contributed by atoms with van der Waals surface area (Å²) in [6.07, 6.45) is 3.53. The third kappa shape index (κ3) is 2.88. The molecule has 1 N–H and O–H groups in total. The maximum absolute atomic E-state index is 11.2. The number of nitriles is 1. The Labute approximate surface area is 111 Å². The molecule has 19 heavy (non-hydrogen) atoms. The second-order valence-electron chi connectivity index (χ2n) is 3.93. The van der Waals surface area contributed by atoms with Crippen LogP contribution < -0.4 is 0 Å². The summed E-state index contributed by atoms with van der Waals surface area (Å²) in [6, 6.07) is 16.3. The SMILES string of the molecule is N#Cc1cccc(C=Cc2ccccc2)c1C(=O)O. The van der Waals surface area contributed by atoms with Gasteiger partial charge in [0.25, 0.3) is 0 Å². The van der Waals surface area contributed by atoms with Crippen molar-refractivity contribution in [3.8, 4) is 6.07 Å². The first-order valence-corrected chi connectivity index (χ1v) is 5.72. The molecule has 0 radical (unpaired) electrons. The summed E-state index contributed by atoms with van der Waals surface area (Å²) in [7, 11) is 0. The lowest BCUT2D eigenvalue weighted by atomic mass is 10.0. The van der Waals surface area contributed by atoms with Crippen molar-refractivity contribution >= 4 is 18.1 Å². The van der Waals surface area contributed by atoms with E-state index in [1.165, 1.54) is 6.07 Å². The fourth-order valence-electron chi connectivity index (χ4n) is 1.79. The first kappa shape index (κ1) is 12.6. The van der Waals surface area contributed by atoms with E-state index in [-0.39, 0.29) is 11.1 Å². The number of benzene rings is 2. The Morgan fingerprint density at radius 3 is 2.42 bits per heavy atom. The molecule has 2 rings (SSSR count). The van der Waals surface area contributed by atoms with Crippen molar-refractivity contribution in [3.05, 3.63) is 70.8 Å². The van der Waals surface area contributed by atoms with Crippen molar-refractivity contribution in [1.82, 2.24) is 0 Å². The molecule has 0 aliphatic rings. The lowest BCUT2D eigenvalue weighted by Crippen LogP contribution is -2.02. The smallest absolute Gasteiger partial charge is 0.337 e. The quantitative estimate of drug-likeness (QED) is 0.848. The van der Waals surface area contributed by atoms with Crippen molar-refractivity contribution in [2.45, 2.75) is 0 Å². The first-order valence-electron chi connectivity index (χ1n) is 5.72. The Bertz CT molecular complexity index is 667. The molecule has 0 heterocycles. The minimum absolute atomic E-state index is 0.0391. The predicted molar refractivity (Wildman–Crippen MR) is 73.5 cm³/mol. The van der Waals surface area contributed by atoms with Gasteiger partial charge in [0.1, 0.15) is 6.07 Å². The van der Waals surface area contributed by atoms with Crippen LogP contribution in [0.25, 0.3) is 12.2 Å². The third-order valence-corrected chi connectivity index (χ3v) is 2.69. The minimum atomic E-state index is -1.09. The van der Waals surface area contributed by atoms with Crippen molar-refractivity contribution in [1.29, 1.82) is 5.26 Å². The van der Waals surface area contributed by atoms with Crippen LogP contribution in [-0.2, 0) is 0 Å². The van der Waals surface area contributed by atoms with Gasteiger partial charge in [-0.3, -0.25) is 0 Å². The lowest BCUT2D eigenvalue weighted by molar-refractivity contribution is 0.0696. The van der Waals surface area contributed by atoms with Crippen molar-refractivity contribution in [3.63, 3.8) is 0 Å². The number of carboxylic acid groups (broad SMARTS) is 1. The number of hydrogen-bond donors (Lipinski definition) is 1. The molecule has 3 heteroatoms. The van der Waals surface area contributed by atoms with Crippen LogP contribution in [0.3, 0.4) is 0 Å². The number of aromatic carboxylic acids is 1. The van der Waals surface area contributed by atoms with E-state index >= 15 is 0 Å². The van der Waals surface area contributed by atoms with E-state index in [2.05, 4.69) is 0 Å². The highest BCUT2D eigenvalue weighted by atomic mass is 16.4. The van der Waals surface area contributed by atoms with Gasteiger partial charge in [-0.15, -0.1) is 0 Å². The van der Waals surface area contributed by atoms with Crippen LogP contribution in [0.1, 0.15) is 27.0 Å². The van der Waals surface area contributed by atoms with Gasteiger partial charge in [0.15, 0.2) is 0 Å². The number of nitrogens with zero attached hydrogens (tertiary/aromatic N) is 1. The molecule has 0 saturated heterocycles. The highest BCUT2D eigenvalue weighted by Crippen LogP contribution is 2.17. The van der Waals surface area contributed by atoms with Crippen LogP contribution in [0.2, 0.25) is 0 Å². The molecule has 0 aliphatic heterocycles. The molecule has 2 aromatic rings. The number of carbonyl (C=O) groups is 1. The van der Waals surface area contributed by atoms with Gasteiger partial charge < -0.3 is 5.11 Å². The Morgan fingerprint density at radius 1 is 1.05 bits per heavy atom. The minimum Gasteiger partial charge on any atom is -0.478 e. The number of carboxylic acids is 1. The van der Waals surface area contributed by atoms with Gasteiger partial charge in [-0.25, -0.2) is 4.79 Å². The Balaban J connectivity index is 2.44. The van der Waals surface area contributed by atoms with E-state index in [4.69, 9.17) is 5.26 Å². The molecule has 0 bridgehead atoms. The summed E-state index contributed by atoms with van der Waals surface area (Å²) >= 11 is 0. The molecule has 0 fully saturated rings. The molecule has 0 aromatic heterocycles. The van der Waals surface area contributed by atoms with Crippen molar-refractivity contribution < 1.29 is 9.90 Å². The summed E-state index contributed by atoms with van der Waals surface area (Å²) < 4.78 is 0. The number of hydrogen-bond acceptors (Lipinski definition) is 2. The molecule has 3 nitrogen and oxygen atoms in total. The maximum atomic E-state index is 11.2. The molecule has 92 valence electrons. The second-order valence-corrected chi connectivity index (χ2v) is 3.93. The van der Waals surface area contributed by atoms with Gasteiger partial charge in [-0.1, -0.05) is 54.6 Å². The van der Waals surface area contributed by atoms with Crippen LogP contribution in [0.15, 0.2) is 48.5 Å². The fraction of sp³-hybridized carbons (Fsp3) is 0. The topological polar surface area (TPSA) is 61.1 Å². The molecule has 0 saturated carbocycles. The monoisotopic (exact) mass is 249 g/mol. The van der Waals surface area contributed by atoms with Crippen molar-refractivity contribution in [2.24, 2.45) is 0 Å². The zero-order valence-corrected chi connectivity index (χ0v) is 10.1. The van der Waals surface area contributed by atoms with Gasteiger partial charge >= 0.3 is 5.97 Å². The normalized spacial score (nSPS) is 10.3. The summed E-state index contributed by atoms with van der Waals surface area (Å²) in [5.74, 6) is -1.09. The second kappa shape index (κ2) is 5.65. The zero-order valence-electron chi connectivity index (χ0n) is 10.1.